The van der Waals surface area contributed by atoms with Gasteiger partial charge in [0.15, 0.2) is 0 Å². The molecule has 0 bridgehead atoms. The minimum Gasteiger partial charge on any atom is -0.480 e. The molecule has 8 nitrogen and oxygen atoms in total. The van der Waals surface area contributed by atoms with Gasteiger partial charge < -0.3 is 19.7 Å². The highest BCUT2D eigenvalue weighted by Crippen LogP contribution is 2.31. The van der Waals surface area contributed by atoms with E-state index in [0.29, 0.717) is 33.2 Å². The van der Waals surface area contributed by atoms with Gasteiger partial charge in [-0.1, -0.05) is 65.7 Å². The van der Waals surface area contributed by atoms with Crippen LogP contribution >= 0.6 is 23.2 Å². The molecule has 0 atom stereocenters. The van der Waals surface area contributed by atoms with Crippen LogP contribution in [0.15, 0.2) is 72.8 Å². The second kappa shape index (κ2) is 11.7. The molecular weight excluding hydrogens is 529 g/mol. The molecule has 0 aliphatic heterocycles. The van der Waals surface area contributed by atoms with E-state index in [-0.39, 0.29) is 31.2 Å². The largest absolute Gasteiger partial charge is 0.480 e. The van der Waals surface area contributed by atoms with Gasteiger partial charge >= 0.3 is 11.9 Å². The molecule has 0 fully saturated rings. The van der Waals surface area contributed by atoms with Crippen molar-refractivity contribution in [1.29, 1.82) is 0 Å². The molecule has 0 saturated carbocycles. The van der Waals surface area contributed by atoms with Gasteiger partial charge in [-0.25, -0.2) is 4.79 Å². The van der Waals surface area contributed by atoms with E-state index >= 15 is 0 Å². The summed E-state index contributed by atoms with van der Waals surface area (Å²) in [5.74, 6) is -2.48. The lowest BCUT2D eigenvalue weighted by Gasteiger charge is -2.24. The number of carbonyl (C=O) groups is 3. The monoisotopic (exact) mass is 553 g/mol. The third-order valence-electron chi connectivity index (χ3n) is 6.17. The molecule has 3 aromatic carbocycles. The van der Waals surface area contributed by atoms with Gasteiger partial charge in [0.1, 0.15) is 5.69 Å². The molecule has 4 rings (SSSR count). The van der Waals surface area contributed by atoms with Crippen LogP contribution in [0.3, 0.4) is 0 Å². The van der Waals surface area contributed by atoms with Crippen LogP contribution in [-0.2, 0) is 22.7 Å². The van der Waals surface area contributed by atoms with Gasteiger partial charge in [0, 0.05) is 25.5 Å². The number of rotatable bonds is 10. The second-order valence-corrected chi connectivity index (χ2v) is 9.67. The fourth-order valence-corrected chi connectivity index (χ4v) is 4.68. The summed E-state index contributed by atoms with van der Waals surface area (Å²) in [6.45, 7) is 0.0818. The van der Waals surface area contributed by atoms with E-state index in [4.69, 9.17) is 23.2 Å². The van der Waals surface area contributed by atoms with Gasteiger partial charge in [0.05, 0.1) is 34.3 Å². The third kappa shape index (κ3) is 6.16. The van der Waals surface area contributed by atoms with Crippen molar-refractivity contribution in [2.45, 2.75) is 13.1 Å². The highest BCUT2D eigenvalue weighted by molar-refractivity contribution is 6.42. The topological polar surface area (TPSA) is 103 Å². The number of anilines is 1. The number of amides is 1. The number of hydrogen-bond donors (Lipinski definition) is 2. The maximum Gasteiger partial charge on any atom is 0.352 e. The normalized spacial score (nSPS) is 11.2. The van der Waals surface area contributed by atoms with Crippen molar-refractivity contribution < 1.29 is 24.6 Å². The van der Waals surface area contributed by atoms with Gasteiger partial charge in [-0.2, -0.15) is 0 Å². The van der Waals surface area contributed by atoms with E-state index in [0.717, 1.165) is 11.1 Å². The van der Waals surface area contributed by atoms with Crippen molar-refractivity contribution in [1.82, 2.24) is 9.47 Å². The van der Waals surface area contributed by atoms with Crippen LogP contribution in [0.1, 0.15) is 21.6 Å². The summed E-state index contributed by atoms with van der Waals surface area (Å²) < 4.78 is 1.64. The first kappa shape index (κ1) is 27.2. The van der Waals surface area contributed by atoms with Crippen LogP contribution in [0.5, 0.6) is 0 Å². The summed E-state index contributed by atoms with van der Waals surface area (Å²) in [5, 5.41) is 20.6. The summed E-state index contributed by atoms with van der Waals surface area (Å²) in [4.78, 5) is 39.9. The highest BCUT2D eigenvalue weighted by atomic mass is 35.5. The smallest absolute Gasteiger partial charge is 0.352 e. The van der Waals surface area contributed by atoms with Gasteiger partial charge in [0.25, 0.3) is 0 Å². The van der Waals surface area contributed by atoms with Gasteiger partial charge in [-0.05, 0) is 41.5 Å². The lowest BCUT2D eigenvalue weighted by molar-refractivity contribution is -0.138. The molecule has 1 aromatic heterocycles. The molecule has 0 unspecified atom stereocenters. The van der Waals surface area contributed by atoms with Gasteiger partial charge in [0.2, 0.25) is 5.91 Å². The Morgan fingerprint density at radius 3 is 2.24 bits per heavy atom. The zero-order valence-electron chi connectivity index (χ0n) is 20.5. The molecule has 2 N–H and O–H groups in total. The predicted molar refractivity (Wildman–Crippen MR) is 147 cm³/mol. The van der Waals surface area contributed by atoms with E-state index < -0.39 is 11.9 Å². The standard InChI is InChI=1S/C28H25Cl2N3O5/c1-31(26(34)16-32(17-27(35)36)14-18-6-3-2-4-7-18)23-8-5-9-24-20(23)13-25(28(37)38)33(24)15-19-10-11-21(29)22(30)12-19/h2-13H,14-17H2,1H3,(H,35,36)(H,37,38). The van der Waals surface area contributed by atoms with E-state index in [1.54, 1.807) is 52.9 Å². The number of nitrogens with zero attached hydrogens (tertiary/aromatic N) is 3. The Labute approximate surface area is 229 Å². The number of aromatic carboxylic acids is 1. The molecule has 4 aromatic rings. The number of fused-ring (bicyclic) bond motifs is 1. The lowest BCUT2D eigenvalue weighted by atomic mass is 10.2. The molecule has 1 amide bonds. The zero-order chi connectivity index (χ0) is 27.4. The SMILES string of the molecule is CN(C(=O)CN(CC(=O)O)Cc1ccccc1)c1cccc2c1cc(C(=O)O)n2Cc1ccc(Cl)c(Cl)c1. The predicted octanol–water partition coefficient (Wildman–Crippen LogP) is 5.24. The molecule has 1 heterocycles. The van der Waals surface area contributed by atoms with E-state index in [1.807, 2.05) is 30.3 Å². The van der Waals surface area contributed by atoms with Crippen molar-refractivity contribution in [2.75, 3.05) is 25.0 Å². The summed E-state index contributed by atoms with van der Waals surface area (Å²) in [5.41, 5.74) is 2.84. The molecule has 0 aliphatic carbocycles. The number of likely N-dealkylation sites (N-methyl/N-ethyl adjacent to an activating group) is 1. The fraction of sp³-hybridized carbons (Fsp3) is 0.179. The van der Waals surface area contributed by atoms with Crippen molar-refractivity contribution in [3.63, 3.8) is 0 Å². The van der Waals surface area contributed by atoms with Crippen LogP contribution in [0.2, 0.25) is 10.0 Å². The summed E-state index contributed by atoms with van der Waals surface area (Å²) >= 11 is 12.2. The number of aliphatic carboxylic acids is 1. The van der Waals surface area contributed by atoms with Gasteiger partial charge in [-0.3, -0.25) is 14.5 Å². The minimum atomic E-state index is -1.11. The van der Waals surface area contributed by atoms with Crippen molar-refractivity contribution in [3.8, 4) is 0 Å². The Bertz CT molecular complexity index is 1500. The fourth-order valence-electron chi connectivity index (χ4n) is 4.36. The highest BCUT2D eigenvalue weighted by Gasteiger charge is 2.23. The number of aromatic nitrogens is 1. The summed E-state index contributed by atoms with van der Waals surface area (Å²) in [6.07, 6.45) is 0. The van der Waals surface area contributed by atoms with Crippen LogP contribution < -0.4 is 4.90 Å². The van der Waals surface area contributed by atoms with Gasteiger partial charge in [-0.15, -0.1) is 0 Å². The van der Waals surface area contributed by atoms with Crippen molar-refractivity contribution in [2.24, 2.45) is 0 Å². The molecule has 0 radical (unpaired) electrons. The third-order valence-corrected chi connectivity index (χ3v) is 6.91. The number of halogens is 2. The molecule has 10 heteroatoms. The van der Waals surface area contributed by atoms with Crippen LogP contribution in [0.25, 0.3) is 10.9 Å². The first-order chi connectivity index (χ1) is 18.1. The Hall–Kier alpha value is -3.85. The number of carboxylic acid groups (broad SMARTS) is 2. The average Bonchev–Trinajstić information content (AvgIpc) is 3.24. The number of benzene rings is 3. The van der Waals surface area contributed by atoms with Crippen LogP contribution in [0.4, 0.5) is 5.69 Å². The van der Waals surface area contributed by atoms with E-state index in [1.165, 1.54) is 11.0 Å². The lowest BCUT2D eigenvalue weighted by Crippen LogP contribution is -2.40. The molecule has 196 valence electrons. The minimum absolute atomic E-state index is 0.0518. The molecule has 0 aliphatic rings. The van der Waals surface area contributed by atoms with Crippen molar-refractivity contribution >= 4 is 57.6 Å². The Morgan fingerprint density at radius 2 is 1.58 bits per heavy atom. The molecule has 0 spiro atoms. The first-order valence-electron chi connectivity index (χ1n) is 11.7. The van der Waals surface area contributed by atoms with Crippen LogP contribution in [0, 0.1) is 0 Å². The molecule has 38 heavy (non-hydrogen) atoms. The number of carboxylic acids is 2. The maximum absolute atomic E-state index is 13.3. The summed E-state index contributed by atoms with van der Waals surface area (Å²) in [7, 11) is 1.59. The second-order valence-electron chi connectivity index (χ2n) is 8.86. The van der Waals surface area contributed by atoms with Crippen molar-refractivity contribution in [3.05, 3.63) is 99.7 Å². The first-order valence-corrected chi connectivity index (χ1v) is 12.4. The maximum atomic E-state index is 13.3. The molecule has 0 saturated heterocycles. The summed E-state index contributed by atoms with van der Waals surface area (Å²) in [6, 6.07) is 21.2. The molecular formula is C28H25Cl2N3O5. The number of hydrogen-bond acceptors (Lipinski definition) is 4. The van der Waals surface area contributed by atoms with E-state index in [2.05, 4.69) is 0 Å². The Balaban J connectivity index is 1.65. The Morgan fingerprint density at radius 1 is 0.842 bits per heavy atom. The Kier molecular flexibility index (Phi) is 8.36. The van der Waals surface area contributed by atoms with Crippen LogP contribution in [-0.4, -0.2) is 57.7 Å². The zero-order valence-corrected chi connectivity index (χ0v) is 22.0. The number of carbonyl (C=O) groups excluding carboxylic acids is 1. The average molecular weight is 554 g/mol. The van der Waals surface area contributed by atoms with E-state index in [9.17, 15) is 24.6 Å². The quantitative estimate of drug-likeness (QED) is 0.278.